The summed E-state index contributed by atoms with van der Waals surface area (Å²) in [6.45, 7) is 0.700. The minimum absolute atomic E-state index is 0.119. The number of hydrogen-bond donors (Lipinski definition) is 1. The summed E-state index contributed by atoms with van der Waals surface area (Å²) in [6, 6.07) is 23.9. The highest BCUT2D eigenvalue weighted by Gasteiger charge is 2.14. The monoisotopic (exact) mass is 428 g/mol. The molecule has 0 unspecified atom stereocenters. The molecular formula is C26H24N2O4. The lowest BCUT2D eigenvalue weighted by atomic mass is 10.1. The van der Waals surface area contributed by atoms with Gasteiger partial charge in [0.15, 0.2) is 11.5 Å². The molecule has 0 saturated heterocycles. The van der Waals surface area contributed by atoms with E-state index in [-0.39, 0.29) is 11.5 Å². The fourth-order valence-electron chi connectivity index (χ4n) is 3.60. The molecule has 32 heavy (non-hydrogen) atoms. The van der Waals surface area contributed by atoms with Crippen LogP contribution in [0.1, 0.15) is 21.5 Å². The van der Waals surface area contributed by atoms with Gasteiger partial charge in [0.1, 0.15) is 6.61 Å². The van der Waals surface area contributed by atoms with Gasteiger partial charge in [-0.1, -0.05) is 42.5 Å². The number of amides is 1. The maximum atomic E-state index is 12.9. The van der Waals surface area contributed by atoms with Crippen molar-refractivity contribution in [2.24, 2.45) is 0 Å². The zero-order valence-corrected chi connectivity index (χ0v) is 18.0. The first-order valence-corrected chi connectivity index (χ1v) is 10.3. The summed E-state index contributed by atoms with van der Waals surface area (Å²) in [5, 5.41) is 0.926. The van der Waals surface area contributed by atoms with E-state index in [4.69, 9.17) is 9.47 Å². The van der Waals surface area contributed by atoms with E-state index in [0.29, 0.717) is 30.2 Å². The lowest BCUT2D eigenvalue weighted by Gasteiger charge is -2.18. The number of pyridine rings is 1. The van der Waals surface area contributed by atoms with E-state index in [0.717, 1.165) is 22.0 Å². The molecule has 1 heterocycles. The zero-order valence-electron chi connectivity index (χ0n) is 18.0. The van der Waals surface area contributed by atoms with Gasteiger partial charge in [0.05, 0.1) is 7.11 Å². The number of ether oxygens (including phenoxy) is 2. The van der Waals surface area contributed by atoms with Gasteiger partial charge in [0.2, 0.25) is 5.56 Å². The Labute approximate surface area is 186 Å². The maximum Gasteiger partial charge on any atom is 0.253 e. The number of para-hydroxylation sites is 3. The largest absolute Gasteiger partial charge is 0.493 e. The second kappa shape index (κ2) is 9.39. The van der Waals surface area contributed by atoms with E-state index in [1.165, 1.54) is 0 Å². The fraction of sp³-hybridized carbons (Fsp3) is 0.154. The Kier molecular flexibility index (Phi) is 6.22. The van der Waals surface area contributed by atoms with Gasteiger partial charge in [0.25, 0.3) is 5.91 Å². The number of hydrogen-bond acceptors (Lipinski definition) is 4. The van der Waals surface area contributed by atoms with Crippen LogP contribution in [0.2, 0.25) is 0 Å². The van der Waals surface area contributed by atoms with Crippen molar-refractivity contribution in [1.82, 2.24) is 9.88 Å². The van der Waals surface area contributed by atoms with E-state index in [1.807, 2.05) is 60.7 Å². The van der Waals surface area contributed by atoms with Crippen LogP contribution in [-0.2, 0) is 13.2 Å². The molecule has 0 spiro atoms. The quantitative estimate of drug-likeness (QED) is 0.474. The van der Waals surface area contributed by atoms with Gasteiger partial charge in [0, 0.05) is 36.1 Å². The van der Waals surface area contributed by atoms with Crippen molar-refractivity contribution < 1.29 is 14.3 Å². The molecule has 0 fully saturated rings. The predicted octanol–water partition coefficient (Wildman–Crippen LogP) is 4.39. The lowest BCUT2D eigenvalue weighted by Crippen LogP contribution is -2.27. The van der Waals surface area contributed by atoms with E-state index in [9.17, 15) is 9.59 Å². The van der Waals surface area contributed by atoms with Crippen LogP contribution in [0.3, 0.4) is 0 Å². The van der Waals surface area contributed by atoms with Crippen LogP contribution in [0, 0.1) is 0 Å². The second-order valence-corrected chi connectivity index (χ2v) is 7.50. The summed E-state index contributed by atoms with van der Waals surface area (Å²) in [7, 11) is 3.34. The number of nitrogens with one attached hydrogen (secondary N) is 1. The van der Waals surface area contributed by atoms with Crippen LogP contribution in [-0.4, -0.2) is 29.9 Å². The smallest absolute Gasteiger partial charge is 0.253 e. The van der Waals surface area contributed by atoms with Crippen LogP contribution < -0.4 is 15.0 Å². The molecule has 4 rings (SSSR count). The van der Waals surface area contributed by atoms with Gasteiger partial charge in [-0.05, 0) is 41.5 Å². The normalized spacial score (nSPS) is 10.7. The molecule has 0 saturated carbocycles. The van der Waals surface area contributed by atoms with Crippen LogP contribution in [0.4, 0.5) is 0 Å². The van der Waals surface area contributed by atoms with E-state index >= 15 is 0 Å². The Bertz CT molecular complexity index is 1300. The van der Waals surface area contributed by atoms with Crippen molar-refractivity contribution in [3.8, 4) is 11.5 Å². The number of carbonyl (C=O) groups excluding carboxylic acids is 1. The van der Waals surface area contributed by atoms with Crippen LogP contribution in [0.25, 0.3) is 10.9 Å². The summed E-state index contributed by atoms with van der Waals surface area (Å²) in [4.78, 5) is 29.4. The van der Waals surface area contributed by atoms with Gasteiger partial charge >= 0.3 is 0 Å². The van der Waals surface area contributed by atoms with Crippen LogP contribution >= 0.6 is 0 Å². The number of benzene rings is 3. The summed E-state index contributed by atoms with van der Waals surface area (Å²) in [5.74, 6) is 1.22. The highest BCUT2D eigenvalue weighted by atomic mass is 16.5. The molecule has 1 N–H and O–H groups in total. The standard InChI is InChI=1S/C26H24N2O4/c1-28(16-20-15-25(29)27-22-8-4-3-7-21(20)22)26(30)19-13-11-18(12-14-19)17-32-24-10-6-5-9-23(24)31-2/h3-15H,16-17H2,1-2H3,(H,27,29). The molecular weight excluding hydrogens is 404 g/mol. The second-order valence-electron chi connectivity index (χ2n) is 7.50. The van der Waals surface area contributed by atoms with Gasteiger partial charge in [-0.25, -0.2) is 0 Å². The first-order valence-electron chi connectivity index (χ1n) is 10.3. The number of carbonyl (C=O) groups is 1. The molecule has 0 atom stereocenters. The number of aromatic amines is 1. The average molecular weight is 428 g/mol. The van der Waals surface area contributed by atoms with E-state index < -0.39 is 0 Å². The number of nitrogens with zero attached hydrogens (tertiary/aromatic N) is 1. The average Bonchev–Trinajstić information content (AvgIpc) is 2.82. The highest BCUT2D eigenvalue weighted by Crippen LogP contribution is 2.26. The number of rotatable bonds is 7. The minimum Gasteiger partial charge on any atom is -0.493 e. The molecule has 0 aliphatic rings. The molecule has 6 heteroatoms. The van der Waals surface area contributed by atoms with Crippen molar-refractivity contribution in [1.29, 1.82) is 0 Å². The number of fused-ring (bicyclic) bond motifs is 1. The third kappa shape index (κ3) is 4.64. The molecule has 0 radical (unpaired) electrons. The Balaban J connectivity index is 1.44. The van der Waals surface area contributed by atoms with Crippen molar-refractivity contribution in [3.05, 3.63) is 106 Å². The molecule has 0 aliphatic heterocycles. The topological polar surface area (TPSA) is 71.6 Å². The number of H-pyrrole nitrogens is 1. The summed E-state index contributed by atoms with van der Waals surface area (Å²) < 4.78 is 11.1. The van der Waals surface area contributed by atoms with Crippen molar-refractivity contribution in [2.45, 2.75) is 13.2 Å². The first-order chi connectivity index (χ1) is 15.5. The van der Waals surface area contributed by atoms with Gasteiger partial charge in [-0.3, -0.25) is 9.59 Å². The lowest BCUT2D eigenvalue weighted by molar-refractivity contribution is 0.0785. The van der Waals surface area contributed by atoms with Crippen molar-refractivity contribution in [3.63, 3.8) is 0 Å². The molecule has 1 aromatic heterocycles. The van der Waals surface area contributed by atoms with Gasteiger partial charge in [-0.15, -0.1) is 0 Å². The van der Waals surface area contributed by atoms with Gasteiger partial charge in [-0.2, -0.15) is 0 Å². The number of methoxy groups -OCH3 is 1. The van der Waals surface area contributed by atoms with Gasteiger partial charge < -0.3 is 19.4 Å². The van der Waals surface area contributed by atoms with E-state index in [1.54, 1.807) is 37.3 Å². The molecule has 1 amide bonds. The summed E-state index contributed by atoms with van der Waals surface area (Å²) in [5.41, 5.74) is 2.90. The molecule has 4 aromatic rings. The maximum absolute atomic E-state index is 12.9. The SMILES string of the molecule is COc1ccccc1OCc1ccc(C(=O)N(C)Cc2cc(=O)[nH]c3ccccc23)cc1. The van der Waals surface area contributed by atoms with Crippen LogP contribution in [0.5, 0.6) is 11.5 Å². The predicted molar refractivity (Wildman–Crippen MR) is 124 cm³/mol. The van der Waals surface area contributed by atoms with Crippen molar-refractivity contribution >= 4 is 16.8 Å². The molecule has 3 aromatic carbocycles. The zero-order chi connectivity index (χ0) is 22.5. The number of aromatic nitrogens is 1. The molecule has 0 bridgehead atoms. The van der Waals surface area contributed by atoms with E-state index in [2.05, 4.69) is 4.98 Å². The fourth-order valence-corrected chi connectivity index (χ4v) is 3.60. The van der Waals surface area contributed by atoms with Crippen molar-refractivity contribution in [2.75, 3.05) is 14.2 Å². The Morgan fingerprint density at radius 2 is 1.62 bits per heavy atom. The Morgan fingerprint density at radius 1 is 0.938 bits per heavy atom. The summed E-state index contributed by atoms with van der Waals surface area (Å²) >= 11 is 0. The van der Waals surface area contributed by atoms with Crippen LogP contribution in [0.15, 0.2) is 83.7 Å². The third-order valence-corrected chi connectivity index (χ3v) is 5.25. The molecule has 6 nitrogen and oxygen atoms in total. The Morgan fingerprint density at radius 3 is 2.38 bits per heavy atom. The summed E-state index contributed by atoms with van der Waals surface area (Å²) in [6.07, 6.45) is 0. The highest BCUT2D eigenvalue weighted by molar-refractivity contribution is 5.94. The first kappa shape index (κ1) is 21.2. The minimum atomic E-state index is -0.182. The third-order valence-electron chi connectivity index (χ3n) is 5.25. The molecule has 162 valence electrons. The Hall–Kier alpha value is -4.06. The molecule has 0 aliphatic carbocycles.